The maximum atomic E-state index is 12.3. The molecule has 9 nitrogen and oxygen atoms in total. The molecule has 1 heterocycles. The van der Waals surface area contributed by atoms with Gasteiger partial charge in [-0.1, -0.05) is 10.4 Å². The maximum absolute atomic E-state index is 12.3. The predicted molar refractivity (Wildman–Crippen MR) is 68.9 cm³/mol. The van der Waals surface area contributed by atoms with E-state index in [0.29, 0.717) is 0 Å². The van der Waals surface area contributed by atoms with E-state index in [-0.39, 0.29) is 21.4 Å². The van der Waals surface area contributed by atoms with Gasteiger partial charge in [-0.05, 0) is 34.7 Å². The summed E-state index contributed by atoms with van der Waals surface area (Å²) in [6, 6.07) is -0.725. The molecule has 1 aliphatic carbocycles. The highest BCUT2D eigenvalue weighted by molar-refractivity contribution is 9.10. The third-order valence-corrected chi connectivity index (χ3v) is 5.13. The van der Waals surface area contributed by atoms with Gasteiger partial charge in [0.2, 0.25) is 5.03 Å². The van der Waals surface area contributed by atoms with Crippen molar-refractivity contribution >= 4 is 31.8 Å². The molecule has 0 aromatic carbocycles. The molecule has 1 fully saturated rings. The van der Waals surface area contributed by atoms with Crippen molar-refractivity contribution in [2.24, 2.45) is 23.9 Å². The lowest BCUT2D eigenvalue weighted by molar-refractivity contribution is 0.314. The van der Waals surface area contributed by atoms with Crippen LogP contribution in [0.4, 0.5) is 0 Å². The zero-order chi connectivity index (χ0) is 14.2. The summed E-state index contributed by atoms with van der Waals surface area (Å²) in [5.41, 5.74) is 5.52. The van der Waals surface area contributed by atoms with Crippen LogP contribution in [0.25, 0.3) is 0 Å². The molecule has 0 radical (unpaired) electrons. The summed E-state index contributed by atoms with van der Waals surface area (Å²) in [5.74, 6) is -0.108. The van der Waals surface area contributed by atoms with Crippen LogP contribution in [0.5, 0.6) is 0 Å². The van der Waals surface area contributed by atoms with Crippen molar-refractivity contribution in [2.45, 2.75) is 23.9 Å². The third kappa shape index (κ3) is 2.87. The Morgan fingerprint density at radius 3 is 2.74 bits per heavy atom. The van der Waals surface area contributed by atoms with Crippen molar-refractivity contribution in [3.8, 4) is 0 Å². The Balaban J connectivity index is 2.30. The highest BCUT2D eigenvalue weighted by Gasteiger charge is 2.38. The second-order valence-corrected chi connectivity index (χ2v) is 6.65. The minimum Gasteiger partial charge on any atom is -0.409 e. The molecule has 0 bridgehead atoms. The molecular formula is C8H13BrN6O3S. The Kier molecular flexibility index (Phi) is 3.78. The van der Waals surface area contributed by atoms with Gasteiger partial charge in [0.15, 0.2) is 10.4 Å². The van der Waals surface area contributed by atoms with Gasteiger partial charge in [0.25, 0.3) is 10.0 Å². The lowest BCUT2D eigenvalue weighted by atomic mass is 10.2. The first-order valence-electron chi connectivity index (χ1n) is 5.41. The van der Waals surface area contributed by atoms with E-state index in [1.165, 1.54) is 7.05 Å². The first-order valence-corrected chi connectivity index (χ1v) is 7.69. The number of nitrogens with two attached hydrogens (primary N) is 1. The maximum Gasteiger partial charge on any atom is 0.261 e. The van der Waals surface area contributed by atoms with Gasteiger partial charge in [0.1, 0.15) is 0 Å². The molecule has 11 heteroatoms. The van der Waals surface area contributed by atoms with E-state index in [1.807, 2.05) is 0 Å². The van der Waals surface area contributed by atoms with E-state index in [0.717, 1.165) is 17.5 Å². The molecule has 0 aliphatic heterocycles. The largest absolute Gasteiger partial charge is 0.409 e. The van der Waals surface area contributed by atoms with Gasteiger partial charge in [-0.25, -0.2) is 13.1 Å². The van der Waals surface area contributed by atoms with Crippen LogP contribution < -0.4 is 10.5 Å². The molecule has 106 valence electrons. The molecule has 1 saturated carbocycles. The minimum absolute atomic E-state index is 0.0469. The van der Waals surface area contributed by atoms with Crippen LogP contribution in [-0.4, -0.2) is 40.5 Å². The quantitative estimate of drug-likeness (QED) is 0.279. The fourth-order valence-electron chi connectivity index (χ4n) is 1.72. The van der Waals surface area contributed by atoms with E-state index in [2.05, 4.69) is 36.1 Å². The van der Waals surface area contributed by atoms with Crippen molar-refractivity contribution in [1.82, 2.24) is 19.7 Å². The zero-order valence-electron chi connectivity index (χ0n) is 9.99. The molecule has 4 N–H and O–H groups in total. The van der Waals surface area contributed by atoms with Crippen molar-refractivity contribution in [3.63, 3.8) is 0 Å². The van der Waals surface area contributed by atoms with Gasteiger partial charge in [0.05, 0.1) is 6.04 Å². The summed E-state index contributed by atoms with van der Waals surface area (Å²) in [5, 5.41) is 18.7. The first kappa shape index (κ1) is 14.2. The second-order valence-electron chi connectivity index (χ2n) is 4.27. The molecule has 1 aromatic heterocycles. The van der Waals surface area contributed by atoms with Crippen molar-refractivity contribution < 1.29 is 13.6 Å². The van der Waals surface area contributed by atoms with Gasteiger partial charge in [-0.2, -0.15) is 4.72 Å². The van der Waals surface area contributed by atoms with Crippen LogP contribution in [0.2, 0.25) is 0 Å². The fourth-order valence-corrected chi connectivity index (χ4v) is 4.09. The number of nitrogens with zero attached hydrogens (tertiary/aromatic N) is 4. The Labute approximate surface area is 118 Å². The lowest BCUT2D eigenvalue weighted by Crippen LogP contribution is -2.46. The number of halogens is 1. The van der Waals surface area contributed by atoms with E-state index >= 15 is 0 Å². The summed E-state index contributed by atoms with van der Waals surface area (Å²) in [6.45, 7) is 0. The summed E-state index contributed by atoms with van der Waals surface area (Å²) >= 11 is 3.03. The van der Waals surface area contributed by atoms with Gasteiger partial charge >= 0.3 is 0 Å². The van der Waals surface area contributed by atoms with E-state index < -0.39 is 16.1 Å². The number of aryl methyl sites for hydroxylation is 1. The van der Waals surface area contributed by atoms with E-state index in [1.54, 1.807) is 0 Å². The SMILES string of the molecule is Cn1nnc(Br)c1S(=O)(=O)NC(C(N)=NO)C1CC1. The molecule has 2 rings (SSSR count). The smallest absolute Gasteiger partial charge is 0.261 e. The molecule has 0 amide bonds. The van der Waals surface area contributed by atoms with Crippen molar-refractivity contribution in [2.75, 3.05) is 0 Å². The summed E-state index contributed by atoms with van der Waals surface area (Å²) < 4.78 is 28.2. The third-order valence-electron chi connectivity index (χ3n) is 2.80. The standard InChI is InChI=1S/C8H13BrN6O3S/c1-15-8(6(9)11-14-15)19(17,18)13-5(4-2-3-4)7(10)12-16/h4-5,13,16H,2-3H2,1H3,(H2,10,12). The van der Waals surface area contributed by atoms with Crippen molar-refractivity contribution in [3.05, 3.63) is 4.60 Å². The zero-order valence-corrected chi connectivity index (χ0v) is 12.4. The summed E-state index contributed by atoms with van der Waals surface area (Å²) in [6.07, 6.45) is 1.66. The van der Waals surface area contributed by atoms with Gasteiger partial charge in [0, 0.05) is 7.05 Å². The average molecular weight is 353 g/mol. The van der Waals surface area contributed by atoms with Gasteiger partial charge < -0.3 is 10.9 Å². The van der Waals surface area contributed by atoms with Crippen LogP contribution in [0.15, 0.2) is 14.8 Å². The first-order chi connectivity index (χ1) is 8.86. The topological polar surface area (TPSA) is 135 Å². The summed E-state index contributed by atoms with van der Waals surface area (Å²) in [7, 11) is -2.41. The normalized spacial score (nSPS) is 18.5. The van der Waals surface area contributed by atoms with Gasteiger partial charge in [-0.15, -0.1) is 5.10 Å². The Morgan fingerprint density at radius 1 is 1.68 bits per heavy atom. The van der Waals surface area contributed by atoms with E-state index in [4.69, 9.17) is 10.9 Å². The lowest BCUT2D eigenvalue weighted by Gasteiger charge is -2.16. The fraction of sp³-hybridized carbons (Fsp3) is 0.625. The van der Waals surface area contributed by atoms with E-state index in [9.17, 15) is 8.42 Å². The summed E-state index contributed by atoms with van der Waals surface area (Å²) in [4.78, 5) is 0. The van der Waals surface area contributed by atoms with Crippen LogP contribution in [0.3, 0.4) is 0 Å². The number of aromatic nitrogens is 3. The Hall–Kier alpha value is -1.20. The molecule has 1 aliphatic rings. The van der Waals surface area contributed by atoms with Crippen LogP contribution in [0.1, 0.15) is 12.8 Å². The molecule has 0 saturated heterocycles. The molecular weight excluding hydrogens is 340 g/mol. The number of amidine groups is 1. The number of hydrogen-bond acceptors (Lipinski definition) is 6. The van der Waals surface area contributed by atoms with Crippen molar-refractivity contribution in [1.29, 1.82) is 0 Å². The minimum atomic E-state index is -3.87. The number of hydrogen-bond donors (Lipinski definition) is 3. The highest BCUT2D eigenvalue weighted by Crippen LogP contribution is 2.33. The van der Waals surface area contributed by atoms with Crippen LogP contribution >= 0.6 is 15.9 Å². The molecule has 1 aromatic rings. The van der Waals surface area contributed by atoms with Gasteiger partial charge in [-0.3, -0.25) is 0 Å². The highest BCUT2D eigenvalue weighted by atomic mass is 79.9. The second kappa shape index (κ2) is 5.06. The Bertz CT molecular complexity index is 589. The molecule has 1 unspecified atom stereocenters. The number of nitrogens with one attached hydrogen (secondary N) is 1. The predicted octanol–water partition coefficient (Wildman–Crippen LogP) is -0.619. The Morgan fingerprint density at radius 2 is 2.32 bits per heavy atom. The van der Waals surface area contributed by atoms with Crippen LogP contribution in [-0.2, 0) is 17.1 Å². The molecule has 0 spiro atoms. The number of rotatable bonds is 5. The molecule has 19 heavy (non-hydrogen) atoms. The van der Waals surface area contributed by atoms with Crippen LogP contribution in [0, 0.1) is 5.92 Å². The molecule has 1 atom stereocenters. The number of oxime groups is 1. The average Bonchev–Trinajstić information content (AvgIpc) is 3.11. The monoisotopic (exact) mass is 352 g/mol. The number of sulfonamides is 1.